The van der Waals surface area contributed by atoms with E-state index in [1.807, 2.05) is 12.1 Å². The van der Waals surface area contributed by atoms with Crippen LogP contribution in [0.2, 0.25) is 5.02 Å². The monoisotopic (exact) mass is 346 g/mol. The van der Waals surface area contributed by atoms with E-state index in [4.69, 9.17) is 11.6 Å². The van der Waals surface area contributed by atoms with Crippen LogP contribution in [-0.4, -0.2) is 4.92 Å². The molecule has 0 fully saturated rings. The Morgan fingerprint density at radius 1 is 1.39 bits per heavy atom. The highest BCUT2D eigenvalue weighted by molar-refractivity contribution is 9.10. The Kier molecular flexibility index (Phi) is 4.21. The molecule has 0 saturated carbocycles. The maximum Gasteiger partial charge on any atom is 0.324 e. The molecule has 1 heterocycles. The lowest BCUT2D eigenvalue weighted by molar-refractivity contribution is -0.380. The summed E-state index contributed by atoms with van der Waals surface area (Å²) in [6, 6.07) is 8.76. The molecule has 94 valence electrons. The topological polar surface area (TPSA) is 55.2 Å². The average Bonchev–Trinajstić information content (AvgIpc) is 2.80. The number of hydrogen-bond donors (Lipinski definition) is 1. The summed E-state index contributed by atoms with van der Waals surface area (Å²) in [5.74, 6) is 0. The third-order valence-corrected chi connectivity index (χ3v) is 4.67. The van der Waals surface area contributed by atoms with Gasteiger partial charge < -0.3 is 5.32 Å². The van der Waals surface area contributed by atoms with E-state index < -0.39 is 0 Å². The van der Waals surface area contributed by atoms with Gasteiger partial charge in [-0.15, -0.1) is 0 Å². The van der Waals surface area contributed by atoms with Gasteiger partial charge in [0.25, 0.3) is 0 Å². The van der Waals surface area contributed by atoms with Crippen LogP contribution in [0.4, 0.5) is 10.7 Å². The Hall–Kier alpha value is -1.11. The maximum atomic E-state index is 10.6. The van der Waals surface area contributed by atoms with Crippen molar-refractivity contribution in [1.29, 1.82) is 0 Å². The number of halogens is 2. The summed E-state index contributed by atoms with van der Waals surface area (Å²) in [6.45, 7) is 0.525. The molecule has 0 saturated heterocycles. The van der Waals surface area contributed by atoms with E-state index in [0.717, 1.165) is 26.4 Å². The van der Waals surface area contributed by atoms with E-state index in [1.165, 1.54) is 6.07 Å². The number of nitrogens with one attached hydrogen (secondary N) is 1. The highest BCUT2D eigenvalue weighted by atomic mass is 79.9. The second-order valence-corrected chi connectivity index (χ2v) is 5.80. The number of hydrogen-bond acceptors (Lipinski definition) is 4. The Morgan fingerprint density at radius 3 is 2.83 bits per heavy atom. The van der Waals surface area contributed by atoms with Gasteiger partial charge in [-0.1, -0.05) is 29.0 Å². The second kappa shape index (κ2) is 5.69. The number of rotatable bonds is 4. The van der Waals surface area contributed by atoms with Crippen molar-refractivity contribution in [2.75, 3.05) is 5.32 Å². The summed E-state index contributed by atoms with van der Waals surface area (Å²) < 4.78 is 0.790. The lowest BCUT2D eigenvalue weighted by Crippen LogP contribution is -1.98. The lowest BCUT2D eigenvalue weighted by Gasteiger charge is -2.07. The summed E-state index contributed by atoms with van der Waals surface area (Å²) >= 11 is 10.5. The Morgan fingerprint density at radius 2 is 2.17 bits per heavy atom. The molecule has 0 bridgehead atoms. The van der Waals surface area contributed by atoms with Crippen LogP contribution < -0.4 is 5.32 Å². The van der Waals surface area contributed by atoms with Crippen molar-refractivity contribution in [3.63, 3.8) is 0 Å². The second-order valence-electron chi connectivity index (χ2n) is 3.45. The normalized spacial score (nSPS) is 10.3. The molecular weight excluding hydrogens is 340 g/mol. The van der Waals surface area contributed by atoms with E-state index in [9.17, 15) is 10.1 Å². The molecule has 0 unspecified atom stereocenters. The minimum atomic E-state index is -0.385. The van der Waals surface area contributed by atoms with Crippen LogP contribution in [0.5, 0.6) is 0 Å². The van der Waals surface area contributed by atoms with Gasteiger partial charge in [0.05, 0.1) is 20.1 Å². The van der Waals surface area contributed by atoms with E-state index >= 15 is 0 Å². The molecule has 2 aromatic rings. The van der Waals surface area contributed by atoms with Crippen molar-refractivity contribution in [1.82, 2.24) is 0 Å². The molecule has 1 N–H and O–H groups in total. The highest BCUT2D eigenvalue weighted by Crippen LogP contribution is 2.31. The molecule has 0 amide bonds. The van der Waals surface area contributed by atoms with Gasteiger partial charge in [0.1, 0.15) is 0 Å². The van der Waals surface area contributed by atoms with E-state index in [2.05, 4.69) is 21.2 Å². The minimum absolute atomic E-state index is 0.150. The van der Waals surface area contributed by atoms with Crippen LogP contribution in [-0.2, 0) is 6.54 Å². The average molecular weight is 348 g/mol. The van der Waals surface area contributed by atoms with Crippen LogP contribution in [0, 0.1) is 10.1 Å². The molecule has 1 aromatic heterocycles. The number of nitro groups is 1. The predicted molar refractivity (Wildman–Crippen MR) is 77.5 cm³/mol. The van der Waals surface area contributed by atoms with Crippen molar-refractivity contribution >= 4 is 49.6 Å². The molecule has 0 atom stereocenters. The number of nitrogens with zero attached hydrogens (tertiary/aromatic N) is 1. The first-order valence-electron chi connectivity index (χ1n) is 4.99. The molecule has 7 heteroatoms. The fourth-order valence-corrected chi connectivity index (χ4v) is 2.72. The summed E-state index contributed by atoms with van der Waals surface area (Å²) in [5.41, 5.74) is 0.860. The zero-order chi connectivity index (χ0) is 13.1. The summed E-state index contributed by atoms with van der Waals surface area (Å²) in [5, 5.41) is 14.5. The van der Waals surface area contributed by atoms with Crippen molar-refractivity contribution in [3.8, 4) is 0 Å². The molecule has 0 aliphatic carbocycles. The summed E-state index contributed by atoms with van der Waals surface area (Å²) in [6.07, 6.45) is 0. The predicted octanol–water partition coefficient (Wildman–Crippen LogP) is 4.68. The lowest BCUT2D eigenvalue weighted by atomic mass is 10.3. The molecule has 1 aromatic carbocycles. The van der Waals surface area contributed by atoms with Gasteiger partial charge in [-0.05, 0) is 34.1 Å². The van der Waals surface area contributed by atoms with Crippen molar-refractivity contribution in [2.24, 2.45) is 0 Å². The standard InChI is InChI=1S/C11H8BrClN2O2S/c12-11-8(13)2-1-3-9(11)14-6-7-4-5-10(18-7)15(16)17/h1-5,14H,6H2. The molecule has 2 rings (SSSR count). The van der Waals surface area contributed by atoms with Crippen molar-refractivity contribution in [2.45, 2.75) is 6.54 Å². The van der Waals surface area contributed by atoms with Gasteiger partial charge in [-0.25, -0.2) is 0 Å². The number of thiophene rings is 1. The fraction of sp³-hybridized carbons (Fsp3) is 0.0909. The minimum Gasteiger partial charge on any atom is -0.379 e. The summed E-state index contributed by atoms with van der Waals surface area (Å²) in [4.78, 5) is 11.1. The molecule has 0 spiro atoms. The third kappa shape index (κ3) is 3.01. The van der Waals surface area contributed by atoms with E-state index in [1.54, 1.807) is 12.1 Å². The zero-order valence-corrected chi connectivity index (χ0v) is 12.2. The molecule has 0 aliphatic rings. The van der Waals surface area contributed by atoms with Crippen LogP contribution in [0.3, 0.4) is 0 Å². The van der Waals surface area contributed by atoms with Gasteiger partial charge in [-0.3, -0.25) is 10.1 Å². The number of benzene rings is 1. The van der Waals surface area contributed by atoms with Gasteiger partial charge in [0, 0.05) is 17.5 Å². The van der Waals surface area contributed by atoms with Crippen LogP contribution in [0.15, 0.2) is 34.8 Å². The SMILES string of the molecule is O=[N+]([O-])c1ccc(CNc2cccc(Cl)c2Br)s1. The number of anilines is 1. The quantitative estimate of drug-likeness (QED) is 0.645. The first-order chi connectivity index (χ1) is 8.58. The third-order valence-electron chi connectivity index (χ3n) is 2.23. The Balaban J connectivity index is 2.07. The maximum absolute atomic E-state index is 10.6. The van der Waals surface area contributed by atoms with Crippen molar-refractivity contribution < 1.29 is 4.92 Å². The first kappa shape index (κ1) is 13.3. The van der Waals surface area contributed by atoms with E-state index in [0.29, 0.717) is 11.6 Å². The Bertz CT molecular complexity index is 588. The Labute approximate surface area is 121 Å². The van der Waals surface area contributed by atoms with Gasteiger partial charge >= 0.3 is 5.00 Å². The van der Waals surface area contributed by atoms with Gasteiger partial charge in [-0.2, -0.15) is 0 Å². The van der Waals surface area contributed by atoms with Crippen LogP contribution in [0.1, 0.15) is 4.88 Å². The van der Waals surface area contributed by atoms with E-state index in [-0.39, 0.29) is 9.92 Å². The largest absolute Gasteiger partial charge is 0.379 e. The smallest absolute Gasteiger partial charge is 0.324 e. The van der Waals surface area contributed by atoms with Crippen LogP contribution >= 0.6 is 38.9 Å². The highest BCUT2D eigenvalue weighted by Gasteiger charge is 2.10. The molecule has 0 radical (unpaired) electrons. The van der Waals surface area contributed by atoms with Crippen molar-refractivity contribution in [3.05, 3.63) is 54.8 Å². The molecular formula is C11H8BrClN2O2S. The van der Waals surface area contributed by atoms with Gasteiger partial charge in [0.15, 0.2) is 0 Å². The first-order valence-corrected chi connectivity index (χ1v) is 6.97. The summed E-state index contributed by atoms with van der Waals surface area (Å²) in [7, 11) is 0. The molecule has 18 heavy (non-hydrogen) atoms. The zero-order valence-electron chi connectivity index (χ0n) is 9.02. The molecule has 0 aliphatic heterocycles. The molecule has 4 nitrogen and oxygen atoms in total. The fourth-order valence-electron chi connectivity index (χ4n) is 1.38. The van der Waals surface area contributed by atoms with Crippen LogP contribution in [0.25, 0.3) is 0 Å². The van der Waals surface area contributed by atoms with Gasteiger partial charge in [0.2, 0.25) is 0 Å².